The highest BCUT2D eigenvalue weighted by atomic mass is 16.6. The highest BCUT2D eigenvalue weighted by Crippen LogP contribution is 2.18. The number of piperidine rings is 1. The molecule has 0 aromatic heterocycles. The predicted molar refractivity (Wildman–Crippen MR) is 60.8 cm³/mol. The van der Waals surface area contributed by atoms with Crippen LogP contribution in [0.1, 0.15) is 40.5 Å². The number of carbonyl (C=O) groups excluding carboxylic acids is 1. The van der Waals surface area contributed by atoms with Crippen molar-refractivity contribution in [2.24, 2.45) is 0 Å². The van der Waals surface area contributed by atoms with Gasteiger partial charge in [0.05, 0.1) is 0 Å². The fourth-order valence-electron chi connectivity index (χ4n) is 1.62. The number of likely N-dealkylation sites (tertiary alicyclic amines) is 1. The van der Waals surface area contributed by atoms with Crippen LogP contribution in [0.5, 0.6) is 0 Å². The zero-order valence-corrected chi connectivity index (χ0v) is 10.2. The zero-order valence-electron chi connectivity index (χ0n) is 10.2. The van der Waals surface area contributed by atoms with Crippen molar-refractivity contribution in [1.29, 1.82) is 0 Å². The molecule has 1 aliphatic rings. The van der Waals surface area contributed by atoms with E-state index in [1.54, 1.807) is 4.90 Å². The summed E-state index contributed by atoms with van der Waals surface area (Å²) in [4.78, 5) is 13.5. The number of rotatable bonds is 0. The van der Waals surface area contributed by atoms with E-state index in [2.05, 4.69) is 6.08 Å². The van der Waals surface area contributed by atoms with Crippen molar-refractivity contribution < 1.29 is 9.53 Å². The van der Waals surface area contributed by atoms with Gasteiger partial charge in [-0.2, -0.15) is 0 Å². The van der Waals surface area contributed by atoms with Gasteiger partial charge >= 0.3 is 6.09 Å². The van der Waals surface area contributed by atoms with Crippen LogP contribution in [0.4, 0.5) is 4.79 Å². The van der Waals surface area contributed by atoms with Crippen molar-refractivity contribution in [2.75, 3.05) is 13.1 Å². The van der Waals surface area contributed by atoms with E-state index in [4.69, 9.17) is 4.74 Å². The van der Waals surface area contributed by atoms with Crippen molar-refractivity contribution in [3.63, 3.8) is 0 Å². The summed E-state index contributed by atoms with van der Waals surface area (Å²) in [6.45, 7) is 9.24. The summed E-state index contributed by atoms with van der Waals surface area (Å²) >= 11 is 0. The number of carbonyl (C=O) groups is 1. The third-order valence-electron chi connectivity index (χ3n) is 2.38. The van der Waals surface area contributed by atoms with E-state index in [-0.39, 0.29) is 6.09 Å². The third-order valence-corrected chi connectivity index (χ3v) is 2.38. The Kier molecular flexibility index (Phi) is 3.77. The lowest BCUT2D eigenvalue weighted by molar-refractivity contribution is 0.0247. The van der Waals surface area contributed by atoms with Crippen LogP contribution in [0.15, 0.2) is 11.6 Å². The van der Waals surface area contributed by atoms with Gasteiger partial charge in [0, 0.05) is 13.1 Å². The fraction of sp³-hybridized carbons (Fsp3) is 0.750. The molecule has 1 heterocycles. The summed E-state index contributed by atoms with van der Waals surface area (Å²) in [5.41, 5.74) is 0.928. The van der Waals surface area contributed by atoms with Crippen molar-refractivity contribution in [1.82, 2.24) is 4.90 Å². The van der Waals surface area contributed by atoms with Crippen LogP contribution in [-0.4, -0.2) is 29.7 Å². The van der Waals surface area contributed by atoms with Gasteiger partial charge in [0.1, 0.15) is 5.60 Å². The molecule has 0 N–H and O–H groups in total. The third kappa shape index (κ3) is 3.94. The van der Waals surface area contributed by atoms with Crippen LogP contribution in [-0.2, 0) is 4.74 Å². The number of hydrogen-bond acceptors (Lipinski definition) is 2. The molecule has 3 nitrogen and oxygen atoms in total. The molecule has 1 fully saturated rings. The summed E-state index contributed by atoms with van der Waals surface area (Å²) in [5.74, 6) is 0. The SMILES string of the molecule is CC=C1CCCN(C(=O)OC(C)(C)C)C1. The second-order valence-corrected chi connectivity index (χ2v) is 4.95. The number of amides is 1. The molecule has 0 bridgehead atoms. The normalized spacial score (nSPS) is 20.5. The molecular formula is C12H21NO2. The van der Waals surface area contributed by atoms with Gasteiger partial charge < -0.3 is 9.64 Å². The van der Waals surface area contributed by atoms with Crippen LogP contribution < -0.4 is 0 Å². The molecule has 0 saturated carbocycles. The number of nitrogens with zero attached hydrogens (tertiary/aromatic N) is 1. The second-order valence-electron chi connectivity index (χ2n) is 4.95. The fourth-order valence-corrected chi connectivity index (χ4v) is 1.62. The number of allylic oxidation sites excluding steroid dienone is 1. The Morgan fingerprint density at radius 2 is 2.13 bits per heavy atom. The Morgan fingerprint density at radius 3 is 2.67 bits per heavy atom. The molecule has 0 aromatic carbocycles. The minimum absolute atomic E-state index is 0.193. The zero-order chi connectivity index (χ0) is 11.5. The Balaban J connectivity index is 2.53. The Morgan fingerprint density at radius 1 is 1.47 bits per heavy atom. The molecule has 0 radical (unpaired) electrons. The van der Waals surface area contributed by atoms with E-state index in [1.165, 1.54) is 5.57 Å². The molecule has 0 atom stereocenters. The van der Waals surface area contributed by atoms with Gasteiger partial charge in [-0.3, -0.25) is 0 Å². The summed E-state index contributed by atoms with van der Waals surface area (Å²) in [6.07, 6.45) is 4.05. The smallest absolute Gasteiger partial charge is 0.410 e. The predicted octanol–water partition coefficient (Wildman–Crippen LogP) is 2.96. The van der Waals surface area contributed by atoms with Gasteiger partial charge in [-0.15, -0.1) is 0 Å². The maximum Gasteiger partial charge on any atom is 0.410 e. The van der Waals surface area contributed by atoms with E-state index in [0.29, 0.717) is 0 Å². The molecule has 3 heteroatoms. The second kappa shape index (κ2) is 4.69. The van der Waals surface area contributed by atoms with E-state index in [1.807, 2.05) is 27.7 Å². The molecule has 0 aliphatic carbocycles. The Labute approximate surface area is 92.1 Å². The molecular weight excluding hydrogens is 190 g/mol. The molecule has 1 rings (SSSR count). The average molecular weight is 211 g/mol. The minimum Gasteiger partial charge on any atom is -0.444 e. The molecule has 1 amide bonds. The average Bonchev–Trinajstić information content (AvgIpc) is 2.15. The van der Waals surface area contributed by atoms with Gasteiger partial charge in [-0.25, -0.2) is 4.79 Å². The van der Waals surface area contributed by atoms with Crippen molar-refractivity contribution in [2.45, 2.75) is 46.1 Å². The summed E-state index contributed by atoms with van der Waals surface area (Å²) in [6, 6.07) is 0. The maximum atomic E-state index is 11.8. The summed E-state index contributed by atoms with van der Waals surface area (Å²) in [5, 5.41) is 0. The van der Waals surface area contributed by atoms with Crippen molar-refractivity contribution in [3.05, 3.63) is 11.6 Å². The quantitative estimate of drug-likeness (QED) is 0.576. The molecule has 0 spiro atoms. The largest absolute Gasteiger partial charge is 0.444 e. The van der Waals surface area contributed by atoms with Crippen LogP contribution in [0, 0.1) is 0 Å². The summed E-state index contributed by atoms with van der Waals surface area (Å²) < 4.78 is 5.33. The first kappa shape index (κ1) is 12.1. The van der Waals surface area contributed by atoms with Crippen LogP contribution >= 0.6 is 0 Å². The molecule has 15 heavy (non-hydrogen) atoms. The molecule has 86 valence electrons. The monoisotopic (exact) mass is 211 g/mol. The van der Waals surface area contributed by atoms with Gasteiger partial charge in [0.25, 0.3) is 0 Å². The van der Waals surface area contributed by atoms with Crippen LogP contribution in [0.2, 0.25) is 0 Å². The van der Waals surface area contributed by atoms with Crippen molar-refractivity contribution in [3.8, 4) is 0 Å². The maximum absolute atomic E-state index is 11.8. The number of ether oxygens (including phenoxy) is 1. The lowest BCUT2D eigenvalue weighted by Gasteiger charge is -2.31. The van der Waals surface area contributed by atoms with E-state index < -0.39 is 5.60 Å². The molecule has 1 aliphatic heterocycles. The Bertz CT molecular complexity index is 263. The highest BCUT2D eigenvalue weighted by molar-refractivity contribution is 5.68. The molecule has 1 saturated heterocycles. The molecule has 0 aromatic rings. The first-order valence-electron chi connectivity index (χ1n) is 5.54. The topological polar surface area (TPSA) is 29.5 Å². The lowest BCUT2D eigenvalue weighted by atomic mass is 10.1. The van der Waals surface area contributed by atoms with Gasteiger partial charge in [0.2, 0.25) is 0 Å². The first-order valence-corrected chi connectivity index (χ1v) is 5.54. The van der Waals surface area contributed by atoms with Crippen LogP contribution in [0.3, 0.4) is 0 Å². The van der Waals surface area contributed by atoms with Crippen LogP contribution in [0.25, 0.3) is 0 Å². The first-order chi connectivity index (χ1) is 6.92. The van der Waals surface area contributed by atoms with Gasteiger partial charge in [-0.1, -0.05) is 11.6 Å². The number of hydrogen-bond donors (Lipinski definition) is 0. The van der Waals surface area contributed by atoms with Gasteiger partial charge in [0.15, 0.2) is 0 Å². The summed E-state index contributed by atoms with van der Waals surface area (Å²) in [7, 11) is 0. The van der Waals surface area contributed by atoms with Gasteiger partial charge in [-0.05, 0) is 40.5 Å². The van der Waals surface area contributed by atoms with E-state index in [9.17, 15) is 4.79 Å². The minimum atomic E-state index is -0.398. The van der Waals surface area contributed by atoms with E-state index in [0.717, 1.165) is 25.9 Å². The van der Waals surface area contributed by atoms with E-state index >= 15 is 0 Å². The standard InChI is InChI=1S/C12H21NO2/c1-5-10-7-6-8-13(9-10)11(14)15-12(2,3)4/h5H,6-9H2,1-4H3. The lowest BCUT2D eigenvalue weighted by Crippen LogP contribution is -2.40. The van der Waals surface area contributed by atoms with Crippen molar-refractivity contribution >= 4 is 6.09 Å². The highest BCUT2D eigenvalue weighted by Gasteiger charge is 2.24. The molecule has 0 unspecified atom stereocenters. The Hall–Kier alpha value is -0.990.